The van der Waals surface area contributed by atoms with Crippen LogP contribution in [0.3, 0.4) is 0 Å². The molecule has 4 heteroatoms. The van der Waals surface area contributed by atoms with Gasteiger partial charge in [-0.05, 0) is 6.42 Å². The number of rotatable bonds is 16. The van der Waals surface area contributed by atoms with Crippen molar-refractivity contribution in [1.29, 1.82) is 0 Å². The van der Waals surface area contributed by atoms with E-state index in [9.17, 15) is 4.79 Å². The predicted octanol–water partition coefficient (Wildman–Crippen LogP) is 3.60. The van der Waals surface area contributed by atoms with Gasteiger partial charge in [-0.2, -0.15) is 0 Å². The van der Waals surface area contributed by atoms with Gasteiger partial charge >= 0.3 is 5.97 Å². The lowest BCUT2D eigenvalue weighted by Crippen LogP contribution is -2.26. The highest BCUT2D eigenvalue weighted by molar-refractivity contribution is 5.68. The number of carboxylic acids is 1. The van der Waals surface area contributed by atoms with E-state index in [-0.39, 0.29) is 6.54 Å². The number of carbonyl (C=O) groups is 1. The fourth-order valence-electron chi connectivity index (χ4n) is 2.13. The molecule has 0 bridgehead atoms. The SMILES string of the molecule is CCCCCCCCCCCCOCCNCC(=O)O. The molecular formula is C16H33NO3. The van der Waals surface area contributed by atoms with Gasteiger partial charge in [0.2, 0.25) is 0 Å². The zero-order valence-corrected chi connectivity index (χ0v) is 13.2. The fraction of sp³-hybridized carbons (Fsp3) is 0.938. The first-order valence-corrected chi connectivity index (χ1v) is 8.27. The maximum atomic E-state index is 10.2. The smallest absolute Gasteiger partial charge is 0.317 e. The van der Waals surface area contributed by atoms with Crippen molar-refractivity contribution in [2.45, 2.75) is 71.1 Å². The summed E-state index contributed by atoms with van der Waals surface area (Å²) in [7, 11) is 0. The van der Waals surface area contributed by atoms with E-state index >= 15 is 0 Å². The summed E-state index contributed by atoms with van der Waals surface area (Å²) in [6, 6.07) is 0. The first kappa shape index (κ1) is 19.4. The Balaban J connectivity index is 2.94. The van der Waals surface area contributed by atoms with E-state index in [0.717, 1.165) is 13.0 Å². The second kappa shape index (κ2) is 16.4. The van der Waals surface area contributed by atoms with E-state index in [1.54, 1.807) is 0 Å². The van der Waals surface area contributed by atoms with Gasteiger partial charge in [0.15, 0.2) is 0 Å². The van der Waals surface area contributed by atoms with Gasteiger partial charge in [-0.3, -0.25) is 4.79 Å². The molecule has 0 rings (SSSR count). The summed E-state index contributed by atoms with van der Waals surface area (Å²) in [6.07, 6.45) is 13.3. The average Bonchev–Trinajstić information content (AvgIpc) is 2.43. The minimum Gasteiger partial charge on any atom is -0.480 e. The minimum absolute atomic E-state index is 0.0155. The van der Waals surface area contributed by atoms with Crippen molar-refractivity contribution < 1.29 is 14.6 Å². The van der Waals surface area contributed by atoms with E-state index in [4.69, 9.17) is 9.84 Å². The summed E-state index contributed by atoms with van der Waals surface area (Å²) in [5.41, 5.74) is 0. The summed E-state index contributed by atoms with van der Waals surface area (Å²) >= 11 is 0. The number of aliphatic carboxylic acids is 1. The molecular weight excluding hydrogens is 254 g/mol. The number of hydrogen-bond donors (Lipinski definition) is 2. The molecule has 0 aromatic carbocycles. The van der Waals surface area contributed by atoms with E-state index in [0.29, 0.717) is 13.2 Å². The third-order valence-electron chi connectivity index (χ3n) is 3.34. The standard InChI is InChI=1S/C16H33NO3/c1-2-3-4-5-6-7-8-9-10-11-13-20-14-12-17-15-16(18)19/h17H,2-15H2,1H3,(H,18,19). The van der Waals surface area contributed by atoms with Crippen molar-refractivity contribution >= 4 is 5.97 Å². The highest BCUT2D eigenvalue weighted by Crippen LogP contribution is 2.10. The summed E-state index contributed by atoms with van der Waals surface area (Å²) < 4.78 is 5.43. The molecule has 0 unspecified atom stereocenters. The zero-order valence-electron chi connectivity index (χ0n) is 13.2. The van der Waals surface area contributed by atoms with Crippen LogP contribution in [0.1, 0.15) is 71.1 Å². The van der Waals surface area contributed by atoms with E-state index < -0.39 is 5.97 Å². The molecule has 0 aliphatic rings. The Morgan fingerprint density at radius 1 is 0.900 bits per heavy atom. The Morgan fingerprint density at radius 3 is 2.00 bits per heavy atom. The van der Waals surface area contributed by atoms with Gasteiger partial charge in [0.05, 0.1) is 13.2 Å². The normalized spacial score (nSPS) is 10.8. The molecule has 20 heavy (non-hydrogen) atoms. The van der Waals surface area contributed by atoms with Crippen LogP contribution in [0.4, 0.5) is 0 Å². The van der Waals surface area contributed by atoms with Crippen LogP contribution in [0.2, 0.25) is 0 Å². The second-order valence-corrected chi connectivity index (χ2v) is 5.36. The molecule has 120 valence electrons. The number of nitrogens with one attached hydrogen (secondary N) is 1. The lowest BCUT2D eigenvalue weighted by molar-refractivity contribution is -0.136. The van der Waals surface area contributed by atoms with E-state index in [1.807, 2.05) is 0 Å². The maximum absolute atomic E-state index is 10.2. The molecule has 0 aliphatic carbocycles. The highest BCUT2D eigenvalue weighted by Gasteiger charge is 1.95. The quantitative estimate of drug-likeness (QED) is 0.426. The van der Waals surface area contributed by atoms with Crippen LogP contribution in [-0.2, 0) is 9.53 Å². The van der Waals surface area contributed by atoms with Crippen LogP contribution in [0, 0.1) is 0 Å². The van der Waals surface area contributed by atoms with Crippen molar-refractivity contribution in [2.24, 2.45) is 0 Å². The Labute approximate surface area is 124 Å². The van der Waals surface area contributed by atoms with Crippen LogP contribution in [0.15, 0.2) is 0 Å². The predicted molar refractivity (Wildman–Crippen MR) is 83.2 cm³/mol. The van der Waals surface area contributed by atoms with Crippen molar-refractivity contribution in [3.05, 3.63) is 0 Å². The van der Waals surface area contributed by atoms with Gasteiger partial charge in [0.1, 0.15) is 0 Å². The molecule has 0 aliphatic heterocycles. The van der Waals surface area contributed by atoms with E-state index in [2.05, 4.69) is 12.2 Å². The van der Waals surface area contributed by atoms with Crippen molar-refractivity contribution in [2.75, 3.05) is 26.3 Å². The first-order chi connectivity index (χ1) is 9.77. The molecule has 0 saturated carbocycles. The van der Waals surface area contributed by atoms with Gasteiger partial charge in [0, 0.05) is 13.2 Å². The Bertz CT molecular complexity index is 210. The third-order valence-corrected chi connectivity index (χ3v) is 3.34. The van der Waals surface area contributed by atoms with Crippen LogP contribution < -0.4 is 5.32 Å². The molecule has 0 spiro atoms. The number of hydrogen-bond acceptors (Lipinski definition) is 3. The van der Waals surface area contributed by atoms with Gasteiger partial charge in [0.25, 0.3) is 0 Å². The second-order valence-electron chi connectivity index (χ2n) is 5.36. The minimum atomic E-state index is -0.820. The molecule has 2 N–H and O–H groups in total. The van der Waals surface area contributed by atoms with Gasteiger partial charge < -0.3 is 15.2 Å². The largest absolute Gasteiger partial charge is 0.480 e. The lowest BCUT2D eigenvalue weighted by Gasteiger charge is -2.05. The molecule has 0 atom stereocenters. The molecule has 0 amide bonds. The molecule has 0 fully saturated rings. The molecule has 0 saturated heterocycles. The Kier molecular flexibility index (Phi) is 15.9. The van der Waals surface area contributed by atoms with Crippen LogP contribution in [-0.4, -0.2) is 37.4 Å². The van der Waals surface area contributed by atoms with Crippen molar-refractivity contribution in [1.82, 2.24) is 5.32 Å². The summed E-state index contributed by atoms with van der Waals surface area (Å²) in [4.78, 5) is 10.2. The topological polar surface area (TPSA) is 58.6 Å². The van der Waals surface area contributed by atoms with Gasteiger partial charge in [-0.1, -0.05) is 64.7 Å². The molecule has 0 radical (unpaired) electrons. The van der Waals surface area contributed by atoms with Crippen LogP contribution >= 0.6 is 0 Å². The molecule has 4 nitrogen and oxygen atoms in total. The molecule has 0 heterocycles. The first-order valence-electron chi connectivity index (χ1n) is 8.27. The number of ether oxygens (including phenoxy) is 1. The molecule has 0 aromatic heterocycles. The highest BCUT2D eigenvalue weighted by atomic mass is 16.5. The Hall–Kier alpha value is -0.610. The summed E-state index contributed by atoms with van der Waals surface area (Å²) in [5.74, 6) is -0.820. The lowest BCUT2D eigenvalue weighted by atomic mass is 10.1. The van der Waals surface area contributed by atoms with Crippen molar-refractivity contribution in [3.63, 3.8) is 0 Å². The summed E-state index contributed by atoms with van der Waals surface area (Å²) in [6.45, 7) is 4.28. The fourth-order valence-corrected chi connectivity index (χ4v) is 2.13. The van der Waals surface area contributed by atoms with Crippen molar-refractivity contribution in [3.8, 4) is 0 Å². The zero-order chi connectivity index (χ0) is 14.9. The average molecular weight is 287 g/mol. The molecule has 0 aromatic rings. The van der Waals surface area contributed by atoms with E-state index in [1.165, 1.54) is 57.8 Å². The monoisotopic (exact) mass is 287 g/mol. The van der Waals surface area contributed by atoms with Crippen LogP contribution in [0.5, 0.6) is 0 Å². The van der Waals surface area contributed by atoms with Crippen LogP contribution in [0.25, 0.3) is 0 Å². The third kappa shape index (κ3) is 17.4. The maximum Gasteiger partial charge on any atom is 0.317 e. The summed E-state index contributed by atoms with van der Waals surface area (Å²) in [5, 5.41) is 11.2. The van der Waals surface area contributed by atoms with Gasteiger partial charge in [-0.25, -0.2) is 0 Å². The van der Waals surface area contributed by atoms with Gasteiger partial charge in [-0.15, -0.1) is 0 Å². The Morgan fingerprint density at radius 2 is 1.45 bits per heavy atom. The number of carboxylic acid groups (broad SMARTS) is 1. The number of unbranched alkanes of at least 4 members (excludes halogenated alkanes) is 9.